The second-order valence-corrected chi connectivity index (χ2v) is 4.95. The average Bonchev–Trinajstić information content (AvgIpc) is 2.48. The number of rotatable bonds is 4. The zero-order chi connectivity index (χ0) is 14.2. The second kappa shape index (κ2) is 7.45. The summed E-state index contributed by atoms with van der Waals surface area (Å²) in [6.45, 7) is 0.402. The number of hydrogen-bond donors (Lipinski definition) is 2. The van der Waals surface area contributed by atoms with E-state index in [2.05, 4.69) is 31.5 Å². The maximum absolute atomic E-state index is 11.6. The van der Waals surface area contributed by atoms with Gasteiger partial charge in [-0.15, -0.1) is 0 Å². The molecule has 0 radical (unpaired) electrons. The number of halogens is 1. The van der Waals surface area contributed by atoms with Crippen LogP contribution in [0.3, 0.4) is 0 Å². The van der Waals surface area contributed by atoms with Gasteiger partial charge in [0.1, 0.15) is 0 Å². The molecular weight excluding hydrogens is 318 g/mol. The number of carbonyl (C=O) groups excluding carboxylic acids is 1. The molecular formula is C15H14BrN3O. The van der Waals surface area contributed by atoms with Crippen molar-refractivity contribution in [3.63, 3.8) is 0 Å². The molecule has 0 saturated heterocycles. The summed E-state index contributed by atoms with van der Waals surface area (Å²) in [7, 11) is 0. The highest BCUT2D eigenvalue weighted by Gasteiger charge is 1.97. The van der Waals surface area contributed by atoms with E-state index < -0.39 is 0 Å². The van der Waals surface area contributed by atoms with Crippen LogP contribution in [-0.2, 0) is 6.54 Å². The van der Waals surface area contributed by atoms with Crippen molar-refractivity contribution in [3.8, 4) is 0 Å². The summed E-state index contributed by atoms with van der Waals surface area (Å²) in [4.78, 5) is 15.7. The molecule has 20 heavy (non-hydrogen) atoms. The minimum Gasteiger partial charge on any atom is -0.332 e. The summed E-state index contributed by atoms with van der Waals surface area (Å²) in [6.07, 6.45) is 5.13. The first-order chi connectivity index (χ1) is 9.74. The molecule has 0 fully saturated rings. The molecule has 4 nitrogen and oxygen atoms in total. The summed E-state index contributed by atoms with van der Waals surface area (Å²) in [5.74, 6) is 0. The molecule has 0 unspecified atom stereocenters. The van der Waals surface area contributed by atoms with Gasteiger partial charge in [0, 0.05) is 16.9 Å². The van der Waals surface area contributed by atoms with Crippen LogP contribution in [0, 0.1) is 0 Å². The van der Waals surface area contributed by atoms with Crippen molar-refractivity contribution >= 4 is 28.0 Å². The van der Waals surface area contributed by atoms with E-state index in [1.165, 1.54) is 0 Å². The summed E-state index contributed by atoms with van der Waals surface area (Å²) >= 11 is 3.37. The minimum absolute atomic E-state index is 0.260. The van der Waals surface area contributed by atoms with Gasteiger partial charge in [-0.3, -0.25) is 4.98 Å². The Hall–Kier alpha value is -2.14. The topological polar surface area (TPSA) is 54.0 Å². The molecule has 2 rings (SSSR count). The molecule has 1 heterocycles. The lowest BCUT2D eigenvalue weighted by molar-refractivity contribution is 0.243. The first-order valence-electron chi connectivity index (χ1n) is 6.10. The molecule has 5 heteroatoms. The van der Waals surface area contributed by atoms with E-state index in [0.717, 1.165) is 15.7 Å². The zero-order valence-corrected chi connectivity index (χ0v) is 12.3. The van der Waals surface area contributed by atoms with Gasteiger partial charge in [0.05, 0.1) is 12.2 Å². The number of nitrogens with zero attached hydrogens (tertiary/aromatic N) is 1. The van der Waals surface area contributed by atoms with Gasteiger partial charge < -0.3 is 10.6 Å². The number of amides is 2. The smallest absolute Gasteiger partial charge is 0.319 e. The summed E-state index contributed by atoms with van der Waals surface area (Å²) < 4.78 is 1.02. The van der Waals surface area contributed by atoms with Gasteiger partial charge in [-0.1, -0.05) is 34.1 Å². The van der Waals surface area contributed by atoms with Crippen molar-refractivity contribution in [1.29, 1.82) is 0 Å². The molecule has 0 bridgehead atoms. The fourth-order valence-corrected chi connectivity index (χ4v) is 1.78. The molecule has 2 N–H and O–H groups in total. The third-order valence-corrected chi connectivity index (χ3v) is 3.05. The van der Waals surface area contributed by atoms with Gasteiger partial charge in [-0.25, -0.2) is 4.79 Å². The van der Waals surface area contributed by atoms with Crippen LogP contribution < -0.4 is 10.6 Å². The lowest BCUT2D eigenvalue weighted by Crippen LogP contribution is -2.31. The van der Waals surface area contributed by atoms with Crippen LogP contribution in [0.5, 0.6) is 0 Å². The highest BCUT2D eigenvalue weighted by atomic mass is 79.9. The van der Waals surface area contributed by atoms with Crippen molar-refractivity contribution in [3.05, 3.63) is 70.6 Å². The zero-order valence-electron chi connectivity index (χ0n) is 10.7. The Labute approximate surface area is 126 Å². The third-order valence-electron chi connectivity index (χ3n) is 2.52. The van der Waals surface area contributed by atoms with Crippen LogP contribution in [0.25, 0.3) is 6.08 Å². The Balaban J connectivity index is 1.76. The van der Waals surface area contributed by atoms with Gasteiger partial charge in [0.15, 0.2) is 0 Å². The van der Waals surface area contributed by atoms with E-state index in [1.807, 2.05) is 48.5 Å². The third kappa shape index (κ3) is 4.85. The monoisotopic (exact) mass is 331 g/mol. The maximum Gasteiger partial charge on any atom is 0.319 e. The Morgan fingerprint density at radius 1 is 1.20 bits per heavy atom. The molecule has 2 aromatic rings. The van der Waals surface area contributed by atoms with Crippen LogP contribution >= 0.6 is 15.9 Å². The van der Waals surface area contributed by atoms with Crippen molar-refractivity contribution in [2.45, 2.75) is 6.54 Å². The number of aromatic nitrogens is 1. The van der Waals surface area contributed by atoms with Crippen LogP contribution in [0.4, 0.5) is 4.79 Å². The van der Waals surface area contributed by atoms with Crippen LogP contribution in [-0.4, -0.2) is 11.0 Å². The predicted molar refractivity (Wildman–Crippen MR) is 82.8 cm³/mol. The van der Waals surface area contributed by atoms with Gasteiger partial charge in [-0.05, 0) is 35.9 Å². The van der Waals surface area contributed by atoms with Crippen LogP contribution in [0.2, 0.25) is 0 Å². The number of pyridine rings is 1. The van der Waals surface area contributed by atoms with Gasteiger partial charge in [0.2, 0.25) is 0 Å². The van der Waals surface area contributed by atoms with E-state index in [9.17, 15) is 4.79 Å². The number of hydrogen-bond acceptors (Lipinski definition) is 2. The fourth-order valence-electron chi connectivity index (χ4n) is 1.51. The summed E-state index contributed by atoms with van der Waals surface area (Å²) in [6, 6.07) is 13.1. The number of nitrogens with one attached hydrogen (secondary N) is 2. The van der Waals surface area contributed by atoms with Gasteiger partial charge in [0.25, 0.3) is 0 Å². The highest BCUT2D eigenvalue weighted by molar-refractivity contribution is 9.10. The minimum atomic E-state index is -0.260. The quantitative estimate of drug-likeness (QED) is 0.902. The molecule has 0 spiro atoms. The number of urea groups is 1. The largest absolute Gasteiger partial charge is 0.332 e. The van der Waals surface area contributed by atoms with E-state index in [4.69, 9.17) is 0 Å². The predicted octanol–water partition coefficient (Wildman–Crippen LogP) is 3.31. The van der Waals surface area contributed by atoms with E-state index >= 15 is 0 Å². The SMILES string of the molecule is O=C(N/C=C/c1ccc(Br)cc1)NCc1ccccn1. The Morgan fingerprint density at radius 2 is 2.00 bits per heavy atom. The van der Waals surface area contributed by atoms with Crippen molar-refractivity contribution in [2.75, 3.05) is 0 Å². The molecule has 0 atom stereocenters. The van der Waals surface area contributed by atoms with Gasteiger partial charge in [-0.2, -0.15) is 0 Å². The first-order valence-corrected chi connectivity index (χ1v) is 6.90. The Kier molecular flexibility index (Phi) is 5.32. The fraction of sp³-hybridized carbons (Fsp3) is 0.0667. The van der Waals surface area contributed by atoms with E-state index in [1.54, 1.807) is 12.4 Å². The van der Waals surface area contributed by atoms with Gasteiger partial charge >= 0.3 is 6.03 Å². The number of carbonyl (C=O) groups is 1. The lowest BCUT2D eigenvalue weighted by Gasteiger charge is -2.03. The molecule has 0 aliphatic heterocycles. The van der Waals surface area contributed by atoms with Crippen molar-refractivity contribution < 1.29 is 4.79 Å². The van der Waals surface area contributed by atoms with E-state index in [-0.39, 0.29) is 6.03 Å². The van der Waals surface area contributed by atoms with Crippen LogP contribution in [0.15, 0.2) is 59.3 Å². The molecule has 0 aliphatic carbocycles. The molecule has 0 saturated carbocycles. The normalized spacial score (nSPS) is 10.4. The molecule has 1 aromatic heterocycles. The van der Waals surface area contributed by atoms with Crippen molar-refractivity contribution in [1.82, 2.24) is 15.6 Å². The maximum atomic E-state index is 11.6. The standard InChI is InChI=1S/C15H14BrN3O/c16-13-6-4-12(5-7-13)8-10-18-15(20)19-11-14-3-1-2-9-17-14/h1-10H,11H2,(H2,18,19,20)/b10-8+. The van der Waals surface area contributed by atoms with Crippen LogP contribution in [0.1, 0.15) is 11.3 Å². The summed E-state index contributed by atoms with van der Waals surface area (Å²) in [5.41, 5.74) is 1.83. The molecule has 0 aliphatic rings. The molecule has 102 valence electrons. The molecule has 2 amide bonds. The first kappa shape index (κ1) is 14.3. The molecule has 1 aromatic carbocycles. The highest BCUT2D eigenvalue weighted by Crippen LogP contribution is 2.11. The Morgan fingerprint density at radius 3 is 2.70 bits per heavy atom. The second-order valence-electron chi connectivity index (χ2n) is 4.03. The van der Waals surface area contributed by atoms with E-state index in [0.29, 0.717) is 6.54 Å². The average molecular weight is 332 g/mol. The van der Waals surface area contributed by atoms with Crippen molar-refractivity contribution in [2.24, 2.45) is 0 Å². The Bertz CT molecular complexity index is 582. The lowest BCUT2D eigenvalue weighted by atomic mass is 10.2. The summed E-state index contributed by atoms with van der Waals surface area (Å²) in [5, 5.41) is 5.37. The number of benzene rings is 1.